The highest BCUT2D eigenvalue weighted by molar-refractivity contribution is 5.18. The van der Waals surface area contributed by atoms with Gasteiger partial charge >= 0.3 is 0 Å². The summed E-state index contributed by atoms with van der Waals surface area (Å²) in [5.74, 6) is 0.568. The number of hydrogen-bond donors (Lipinski definition) is 1. The second-order valence-corrected chi connectivity index (χ2v) is 4.80. The van der Waals surface area contributed by atoms with Crippen LogP contribution in [0.2, 0.25) is 0 Å². The Morgan fingerprint density at radius 3 is 2.78 bits per heavy atom. The maximum absolute atomic E-state index is 6.04. The average molecular weight is 249 g/mol. The zero-order valence-electron chi connectivity index (χ0n) is 11.1. The van der Waals surface area contributed by atoms with Gasteiger partial charge in [0.2, 0.25) is 0 Å². The van der Waals surface area contributed by atoms with Crippen molar-refractivity contribution in [1.29, 1.82) is 0 Å². The summed E-state index contributed by atoms with van der Waals surface area (Å²) in [6, 6.07) is 10.5. The van der Waals surface area contributed by atoms with Crippen molar-refractivity contribution in [3.05, 3.63) is 35.9 Å². The van der Waals surface area contributed by atoms with Crippen LogP contribution in [0.3, 0.4) is 0 Å². The summed E-state index contributed by atoms with van der Waals surface area (Å²) >= 11 is 0. The van der Waals surface area contributed by atoms with Crippen molar-refractivity contribution in [1.82, 2.24) is 5.32 Å². The third-order valence-electron chi connectivity index (χ3n) is 3.48. The van der Waals surface area contributed by atoms with Gasteiger partial charge in [-0.05, 0) is 24.9 Å². The fourth-order valence-electron chi connectivity index (χ4n) is 2.54. The molecule has 1 heterocycles. The molecule has 0 spiro atoms. The van der Waals surface area contributed by atoms with Crippen LogP contribution in [0, 0.1) is 5.92 Å². The number of ether oxygens (including phenoxy) is 2. The SMILES string of the molecule is COCCOC(c1ccccc1)C1CCCNC1. The molecule has 0 saturated carbocycles. The van der Waals surface area contributed by atoms with E-state index in [1.165, 1.54) is 18.4 Å². The van der Waals surface area contributed by atoms with Gasteiger partial charge in [-0.25, -0.2) is 0 Å². The Labute approximate surface area is 109 Å². The maximum atomic E-state index is 6.04. The van der Waals surface area contributed by atoms with E-state index in [0.29, 0.717) is 19.1 Å². The van der Waals surface area contributed by atoms with Crippen LogP contribution in [0.1, 0.15) is 24.5 Å². The molecule has 3 nitrogen and oxygen atoms in total. The zero-order chi connectivity index (χ0) is 12.6. The van der Waals surface area contributed by atoms with Gasteiger partial charge in [-0.1, -0.05) is 30.3 Å². The van der Waals surface area contributed by atoms with Crippen LogP contribution in [0.25, 0.3) is 0 Å². The molecule has 1 aromatic rings. The van der Waals surface area contributed by atoms with Gasteiger partial charge in [-0.15, -0.1) is 0 Å². The van der Waals surface area contributed by atoms with E-state index in [2.05, 4.69) is 35.6 Å². The van der Waals surface area contributed by atoms with E-state index >= 15 is 0 Å². The lowest BCUT2D eigenvalue weighted by molar-refractivity contribution is -0.0203. The predicted octanol–water partition coefficient (Wildman–Crippen LogP) is 2.39. The van der Waals surface area contributed by atoms with E-state index in [-0.39, 0.29) is 6.10 Å². The fraction of sp³-hybridized carbons (Fsp3) is 0.600. The minimum Gasteiger partial charge on any atom is -0.382 e. The summed E-state index contributed by atoms with van der Waals surface area (Å²) in [5.41, 5.74) is 1.28. The van der Waals surface area contributed by atoms with Crippen molar-refractivity contribution in [2.75, 3.05) is 33.4 Å². The molecule has 1 fully saturated rings. The van der Waals surface area contributed by atoms with E-state index < -0.39 is 0 Å². The van der Waals surface area contributed by atoms with Crippen LogP contribution in [0.15, 0.2) is 30.3 Å². The Morgan fingerprint density at radius 2 is 2.11 bits per heavy atom. The Bertz CT molecular complexity index is 323. The fourth-order valence-corrected chi connectivity index (χ4v) is 2.54. The third kappa shape index (κ3) is 3.80. The summed E-state index contributed by atoms with van der Waals surface area (Å²) in [4.78, 5) is 0. The first kappa shape index (κ1) is 13.5. The molecule has 0 radical (unpaired) electrons. The van der Waals surface area contributed by atoms with Crippen LogP contribution in [0.4, 0.5) is 0 Å². The molecular weight excluding hydrogens is 226 g/mol. The first-order chi connectivity index (χ1) is 8.92. The maximum Gasteiger partial charge on any atom is 0.0866 e. The quantitative estimate of drug-likeness (QED) is 0.785. The van der Waals surface area contributed by atoms with Gasteiger partial charge < -0.3 is 14.8 Å². The Kier molecular flexibility index (Phi) is 5.65. The summed E-state index contributed by atoms with van der Waals surface area (Å²) in [7, 11) is 1.71. The topological polar surface area (TPSA) is 30.5 Å². The third-order valence-corrected chi connectivity index (χ3v) is 3.48. The van der Waals surface area contributed by atoms with Crippen LogP contribution in [0.5, 0.6) is 0 Å². The number of rotatable bonds is 6. The lowest BCUT2D eigenvalue weighted by Crippen LogP contribution is -2.34. The number of benzene rings is 1. The van der Waals surface area contributed by atoms with Crippen LogP contribution in [-0.4, -0.2) is 33.4 Å². The van der Waals surface area contributed by atoms with Crippen molar-refractivity contribution < 1.29 is 9.47 Å². The standard InChI is InChI=1S/C15H23NO2/c1-17-10-11-18-15(13-6-3-2-4-7-13)14-8-5-9-16-12-14/h2-4,6-7,14-16H,5,8-12H2,1H3. The molecule has 0 bridgehead atoms. The average Bonchev–Trinajstić information content (AvgIpc) is 2.46. The van der Waals surface area contributed by atoms with Gasteiger partial charge in [0, 0.05) is 19.6 Å². The molecule has 0 aromatic heterocycles. The van der Waals surface area contributed by atoms with Gasteiger partial charge in [0.05, 0.1) is 19.3 Å². The number of nitrogens with one attached hydrogen (secondary N) is 1. The molecule has 18 heavy (non-hydrogen) atoms. The number of piperidine rings is 1. The molecule has 3 heteroatoms. The smallest absolute Gasteiger partial charge is 0.0866 e. The van der Waals surface area contributed by atoms with Crippen molar-refractivity contribution in [2.24, 2.45) is 5.92 Å². The minimum absolute atomic E-state index is 0.189. The van der Waals surface area contributed by atoms with Crippen molar-refractivity contribution in [3.63, 3.8) is 0 Å². The minimum atomic E-state index is 0.189. The van der Waals surface area contributed by atoms with E-state index in [4.69, 9.17) is 9.47 Å². The Morgan fingerprint density at radius 1 is 1.28 bits per heavy atom. The van der Waals surface area contributed by atoms with Gasteiger partial charge in [0.25, 0.3) is 0 Å². The lowest BCUT2D eigenvalue weighted by Gasteiger charge is -2.31. The monoisotopic (exact) mass is 249 g/mol. The molecule has 1 aliphatic rings. The van der Waals surface area contributed by atoms with Crippen molar-refractivity contribution in [3.8, 4) is 0 Å². The molecular formula is C15H23NO2. The summed E-state index contributed by atoms with van der Waals surface area (Å²) in [6.45, 7) is 3.50. The van der Waals surface area contributed by atoms with Crippen molar-refractivity contribution >= 4 is 0 Å². The first-order valence-corrected chi connectivity index (χ1v) is 6.78. The number of hydrogen-bond acceptors (Lipinski definition) is 3. The summed E-state index contributed by atoms with van der Waals surface area (Å²) in [6.07, 6.45) is 2.66. The number of methoxy groups -OCH3 is 1. The molecule has 100 valence electrons. The van der Waals surface area contributed by atoms with Gasteiger partial charge in [0.15, 0.2) is 0 Å². The molecule has 2 rings (SSSR count). The largest absolute Gasteiger partial charge is 0.382 e. The molecule has 0 amide bonds. The molecule has 2 unspecified atom stereocenters. The first-order valence-electron chi connectivity index (χ1n) is 6.78. The van der Waals surface area contributed by atoms with Crippen LogP contribution in [-0.2, 0) is 9.47 Å². The van der Waals surface area contributed by atoms with Crippen LogP contribution < -0.4 is 5.32 Å². The molecule has 0 aliphatic carbocycles. The molecule has 1 N–H and O–H groups in total. The molecule has 1 aromatic carbocycles. The zero-order valence-corrected chi connectivity index (χ0v) is 11.1. The molecule has 1 aliphatic heterocycles. The van der Waals surface area contributed by atoms with Gasteiger partial charge in [-0.3, -0.25) is 0 Å². The second kappa shape index (κ2) is 7.52. The van der Waals surface area contributed by atoms with Gasteiger partial charge in [0.1, 0.15) is 0 Å². The molecule has 2 atom stereocenters. The van der Waals surface area contributed by atoms with Gasteiger partial charge in [-0.2, -0.15) is 0 Å². The highest BCUT2D eigenvalue weighted by Crippen LogP contribution is 2.30. The lowest BCUT2D eigenvalue weighted by atomic mass is 9.89. The van der Waals surface area contributed by atoms with Crippen molar-refractivity contribution in [2.45, 2.75) is 18.9 Å². The normalized spacial score (nSPS) is 21.7. The Balaban J connectivity index is 2.01. The predicted molar refractivity (Wildman–Crippen MR) is 72.6 cm³/mol. The molecule has 1 saturated heterocycles. The van der Waals surface area contributed by atoms with E-state index in [1.807, 2.05) is 0 Å². The summed E-state index contributed by atoms with van der Waals surface area (Å²) in [5, 5.41) is 3.46. The highest BCUT2D eigenvalue weighted by Gasteiger charge is 2.25. The summed E-state index contributed by atoms with van der Waals surface area (Å²) < 4.78 is 11.1. The Hall–Kier alpha value is -0.900. The van der Waals surface area contributed by atoms with E-state index in [1.54, 1.807) is 7.11 Å². The highest BCUT2D eigenvalue weighted by atomic mass is 16.5. The second-order valence-electron chi connectivity index (χ2n) is 4.80. The van der Waals surface area contributed by atoms with Crippen LogP contribution >= 0.6 is 0 Å². The van der Waals surface area contributed by atoms with E-state index in [9.17, 15) is 0 Å². The van der Waals surface area contributed by atoms with E-state index in [0.717, 1.165) is 13.1 Å².